The number of carbonyl (C=O) groups excluding carboxylic acids is 1. The Hall–Kier alpha value is -2.98. The summed E-state index contributed by atoms with van der Waals surface area (Å²) in [6, 6.07) is 29.2. The quantitative estimate of drug-likeness (QED) is 0.319. The van der Waals surface area contributed by atoms with Crippen molar-refractivity contribution in [1.29, 1.82) is 0 Å². The molecule has 4 nitrogen and oxygen atoms in total. The molecule has 0 spiro atoms. The van der Waals surface area contributed by atoms with Crippen molar-refractivity contribution < 1.29 is 9.53 Å². The molecular formula is C31H37ClN2O2. The molecule has 1 aliphatic rings. The number of amides is 1. The Morgan fingerprint density at radius 3 is 2.08 bits per heavy atom. The van der Waals surface area contributed by atoms with Crippen LogP contribution in [0, 0.1) is 11.8 Å². The summed E-state index contributed by atoms with van der Waals surface area (Å²) in [7, 11) is 0. The van der Waals surface area contributed by atoms with Gasteiger partial charge in [-0.15, -0.1) is 0 Å². The highest BCUT2D eigenvalue weighted by Crippen LogP contribution is 2.32. The van der Waals surface area contributed by atoms with Crippen molar-refractivity contribution in [2.75, 3.05) is 24.5 Å². The molecule has 1 heterocycles. The molecule has 1 fully saturated rings. The average molecular weight is 505 g/mol. The van der Waals surface area contributed by atoms with Crippen LogP contribution in [-0.4, -0.2) is 36.2 Å². The van der Waals surface area contributed by atoms with Crippen LogP contribution >= 0.6 is 11.6 Å². The van der Waals surface area contributed by atoms with Crippen molar-refractivity contribution in [3.05, 3.63) is 101 Å². The Morgan fingerprint density at radius 2 is 1.47 bits per heavy atom. The maximum atomic E-state index is 13.0. The normalized spacial score (nSPS) is 17.7. The molecule has 0 bridgehead atoms. The third-order valence-electron chi connectivity index (χ3n) is 6.74. The van der Waals surface area contributed by atoms with E-state index in [2.05, 4.69) is 71.6 Å². The number of benzene rings is 3. The summed E-state index contributed by atoms with van der Waals surface area (Å²) < 4.78 is 5.74. The fourth-order valence-electron chi connectivity index (χ4n) is 4.94. The van der Waals surface area contributed by atoms with Crippen LogP contribution in [0.25, 0.3) is 0 Å². The first-order valence-electron chi connectivity index (χ1n) is 12.8. The van der Waals surface area contributed by atoms with Gasteiger partial charge in [-0.3, -0.25) is 0 Å². The molecule has 1 aliphatic heterocycles. The molecule has 3 aromatic carbocycles. The van der Waals surface area contributed by atoms with Gasteiger partial charge in [0.15, 0.2) is 0 Å². The molecule has 1 amide bonds. The van der Waals surface area contributed by atoms with Gasteiger partial charge >= 0.3 is 6.09 Å². The molecule has 36 heavy (non-hydrogen) atoms. The SMILES string of the molecule is CC(C)(C)OC(=O)N1C[C@@H](CCc2ccccc2)[C@@H](CN(Cc2ccccc2)c2ccc(Cl)cc2)C1. The Morgan fingerprint density at radius 1 is 0.889 bits per heavy atom. The zero-order valence-electron chi connectivity index (χ0n) is 21.6. The van der Waals surface area contributed by atoms with Crippen molar-refractivity contribution in [2.24, 2.45) is 11.8 Å². The van der Waals surface area contributed by atoms with Crippen LogP contribution in [0.1, 0.15) is 38.3 Å². The zero-order valence-corrected chi connectivity index (χ0v) is 22.3. The Labute approximate surface area is 220 Å². The van der Waals surface area contributed by atoms with Crippen molar-refractivity contribution >= 4 is 23.4 Å². The minimum atomic E-state index is -0.503. The summed E-state index contributed by atoms with van der Waals surface area (Å²) in [6.07, 6.45) is 1.83. The van der Waals surface area contributed by atoms with Crippen LogP contribution < -0.4 is 4.90 Å². The van der Waals surface area contributed by atoms with Gasteiger partial charge in [-0.25, -0.2) is 4.79 Å². The van der Waals surface area contributed by atoms with Crippen LogP contribution in [0.3, 0.4) is 0 Å². The van der Waals surface area contributed by atoms with Crippen LogP contribution in [0.15, 0.2) is 84.9 Å². The summed E-state index contributed by atoms with van der Waals surface area (Å²) >= 11 is 6.20. The smallest absolute Gasteiger partial charge is 0.410 e. The number of hydrogen-bond acceptors (Lipinski definition) is 3. The fourth-order valence-corrected chi connectivity index (χ4v) is 5.07. The number of hydrogen-bond donors (Lipinski definition) is 0. The Bertz CT molecular complexity index is 1100. The second-order valence-electron chi connectivity index (χ2n) is 10.8. The lowest BCUT2D eigenvalue weighted by atomic mass is 9.89. The van der Waals surface area contributed by atoms with Gasteiger partial charge < -0.3 is 14.5 Å². The molecule has 4 rings (SSSR count). The van der Waals surface area contributed by atoms with E-state index in [1.165, 1.54) is 11.1 Å². The summed E-state index contributed by atoms with van der Waals surface area (Å²) in [5, 5.41) is 0.733. The lowest BCUT2D eigenvalue weighted by Crippen LogP contribution is -2.36. The largest absolute Gasteiger partial charge is 0.444 e. The van der Waals surface area contributed by atoms with Crippen molar-refractivity contribution in [3.8, 4) is 0 Å². The molecule has 0 saturated carbocycles. The van der Waals surface area contributed by atoms with E-state index in [0.29, 0.717) is 18.4 Å². The highest BCUT2D eigenvalue weighted by molar-refractivity contribution is 6.30. The maximum Gasteiger partial charge on any atom is 0.410 e. The molecule has 190 valence electrons. The number of anilines is 1. The Kier molecular flexibility index (Phi) is 8.58. The van der Waals surface area contributed by atoms with E-state index in [1.54, 1.807) is 0 Å². The number of rotatable bonds is 8. The zero-order chi connectivity index (χ0) is 25.5. The molecule has 3 aromatic rings. The highest BCUT2D eigenvalue weighted by atomic mass is 35.5. The van der Waals surface area contributed by atoms with Crippen molar-refractivity contribution in [3.63, 3.8) is 0 Å². The van der Waals surface area contributed by atoms with Gasteiger partial charge in [-0.1, -0.05) is 72.3 Å². The molecule has 0 unspecified atom stereocenters. The van der Waals surface area contributed by atoms with E-state index in [0.717, 1.165) is 43.2 Å². The van der Waals surface area contributed by atoms with Gasteiger partial charge in [0.05, 0.1) is 0 Å². The van der Waals surface area contributed by atoms with Gasteiger partial charge in [0.1, 0.15) is 5.60 Å². The summed E-state index contributed by atoms with van der Waals surface area (Å²) in [4.78, 5) is 17.3. The standard InChI is InChI=1S/C31H37ClN2O2/c1-31(2,3)36-30(35)34-21-26(15-14-24-10-6-4-7-11-24)27(23-34)22-33(20-25-12-8-5-9-13-25)29-18-16-28(32)17-19-29/h4-13,16-19,26-27H,14-15,20-23H2,1-3H3/t26-,27+/m1/s1. The Balaban J connectivity index is 1.54. The summed E-state index contributed by atoms with van der Waals surface area (Å²) in [5.74, 6) is 0.726. The van der Waals surface area contributed by atoms with Crippen LogP contribution in [0.2, 0.25) is 5.02 Å². The van der Waals surface area contributed by atoms with Crippen molar-refractivity contribution in [1.82, 2.24) is 4.90 Å². The number of nitrogens with zero attached hydrogens (tertiary/aromatic N) is 2. The number of ether oxygens (including phenoxy) is 1. The third-order valence-corrected chi connectivity index (χ3v) is 6.99. The molecule has 0 N–H and O–H groups in total. The predicted molar refractivity (Wildman–Crippen MR) is 148 cm³/mol. The second-order valence-corrected chi connectivity index (χ2v) is 11.2. The number of carbonyl (C=O) groups is 1. The van der Waals surface area contributed by atoms with Crippen LogP contribution in [0.5, 0.6) is 0 Å². The molecule has 0 radical (unpaired) electrons. The van der Waals surface area contributed by atoms with E-state index in [1.807, 2.05) is 43.9 Å². The third kappa shape index (κ3) is 7.51. The first-order chi connectivity index (χ1) is 17.3. The molecule has 5 heteroatoms. The number of halogens is 1. The lowest BCUT2D eigenvalue weighted by molar-refractivity contribution is 0.0284. The molecule has 1 saturated heterocycles. The van der Waals surface area contributed by atoms with Gasteiger partial charge in [0.2, 0.25) is 0 Å². The first-order valence-corrected chi connectivity index (χ1v) is 13.2. The van der Waals surface area contributed by atoms with Crippen LogP contribution in [-0.2, 0) is 17.7 Å². The summed E-state index contributed by atoms with van der Waals surface area (Å²) in [5.41, 5.74) is 3.24. The maximum absolute atomic E-state index is 13.0. The molecular weight excluding hydrogens is 468 g/mol. The monoisotopic (exact) mass is 504 g/mol. The van der Waals surface area contributed by atoms with Gasteiger partial charge in [-0.2, -0.15) is 0 Å². The molecule has 0 aromatic heterocycles. The minimum absolute atomic E-state index is 0.212. The van der Waals surface area contributed by atoms with Crippen molar-refractivity contribution in [2.45, 2.75) is 45.8 Å². The predicted octanol–water partition coefficient (Wildman–Crippen LogP) is 7.46. The fraction of sp³-hybridized carbons (Fsp3) is 0.387. The average Bonchev–Trinajstić information content (AvgIpc) is 3.26. The molecule has 0 aliphatic carbocycles. The lowest BCUT2D eigenvalue weighted by Gasteiger charge is -2.30. The minimum Gasteiger partial charge on any atom is -0.444 e. The van der Waals surface area contributed by atoms with E-state index in [9.17, 15) is 4.79 Å². The topological polar surface area (TPSA) is 32.8 Å². The van der Waals surface area contributed by atoms with Crippen LogP contribution in [0.4, 0.5) is 10.5 Å². The first kappa shape index (κ1) is 26.1. The van der Waals surface area contributed by atoms with E-state index >= 15 is 0 Å². The van der Waals surface area contributed by atoms with Gasteiger partial charge in [0.25, 0.3) is 0 Å². The van der Waals surface area contributed by atoms with E-state index in [4.69, 9.17) is 16.3 Å². The van der Waals surface area contributed by atoms with E-state index in [-0.39, 0.29) is 6.09 Å². The highest BCUT2D eigenvalue weighted by Gasteiger charge is 2.37. The van der Waals surface area contributed by atoms with Gasteiger partial charge in [-0.05, 0) is 80.8 Å². The molecule has 2 atom stereocenters. The summed E-state index contributed by atoms with van der Waals surface area (Å²) in [6.45, 7) is 8.86. The van der Waals surface area contributed by atoms with E-state index < -0.39 is 5.60 Å². The number of aryl methyl sites for hydroxylation is 1. The number of likely N-dealkylation sites (tertiary alicyclic amines) is 1. The van der Waals surface area contributed by atoms with Gasteiger partial charge in [0, 0.05) is 36.9 Å². The second kappa shape index (κ2) is 11.8.